The second-order valence-corrected chi connectivity index (χ2v) is 9.41. The third-order valence-corrected chi connectivity index (χ3v) is 6.85. The van der Waals surface area contributed by atoms with Gasteiger partial charge in [-0.15, -0.1) is 0 Å². The maximum absolute atomic E-state index is 6.54. The van der Waals surface area contributed by atoms with Crippen molar-refractivity contribution in [2.75, 3.05) is 4.90 Å². The van der Waals surface area contributed by atoms with Gasteiger partial charge in [-0.1, -0.05) is 42.0 Å². The van der Waals surface area contributed by atoms with Crippen LogP contribution in [-0.4, -0.2) is 6.71 Å². The Morgan fingerprint density at radius 1 is 0.656 bits per heavy atom. The molecule has 0 saturated carbocycles. The van der Waals surface area contributed by atoms with Crippen LogP contribution in [0.2, 0.25) is 0 Å². The van der Waals surface area contributed by atoms with E-state index in [1.807, 2.05) is 0 Å². The van der Waals surface area contributed by atoms with Crippen molar-refractivity contribution in [3.63, 3.8) is 0 Å². The second-order valence-electron chi connectivity index (χ2n) is 9.41. The Hall–Kier alpha value is -3.46. The van der Waals surface area contributed by atoms with E-state index in [0.29, 0.717) is 0 Å². The van der Waals surface area contributed by atoms with Gasteiger partial charge in [0.1, 0.15) is 11.5 Å². The number of fused-ring (bicyclic) bond motifs is 4. The SMILES string of the molecule is Cc1cc(C)cc(N2c3cc(C)cc(C)c3B3c4ccccc4Oc4c(C)ccc2c43)c1. The Morgan fingerprint density at radius 3 is 2.16 bits per heavy atom. The van der Waals surface area contributed by atoms with Gasteiger partial charge in [-0.25, -0.2) is 0 Å². The third kappa shape index (κ3) is 2.67. The zero-order valence-corrected chi connectivity index (χ0v) is 19.3. The summed E-state index contributed by atoms with van der Waals surface area (Å²) >= 11 is 0. The van der Waals surface area contributed by atoms with Crippen molar-refractivity contribution in [2.45, 2.75) is 34.6 Å². The molecule has 0 aliphatic carbocycles. The zero-order chi connectivity index (χ0) is 22.1. The number of nitrogens with zero attached hydrogens (tertiary/aromatic N) is 1. The molecule has 4 aromatic carbocycles. The van der Waals surface area contributed by atoms with Crippen LogP contribution in [0.15, 0.2) is 66.7 Å². The lowest BCUT2D eigenvalue weighted by molar-refractivity contribution is 0.484. The molecule has 2 nitrogen and oxygen atoms in total. The van der Waals surface area contributed by atoms with Gasteiger partial charge in [0, 0.05) is 17.1 Å². The lowest BCUT2D eigenvalue weighted by Crippen LogP contribution is -2.60. The van der Waals surface area contributed by atoms with Crippen LogP contribution >= 0.6 is 0 Å². The molecule has 2 aliphatic rings. The highest BCUT2D eigenvalue weighted by Gasteiger charge is 2.43. The molecule has 2 heterocycles. The van der Waals surface area contributed by atoms with E-state index in [1.54, 1.807) is 0 Å². The quantitative estimate of drug-likeness (QED) is 0.323. The Labute approximate surface area is 190 Å². The van der Waals surface area contributed by atoms with Crippen molar-refractivity contribution < 1.29 is 4.74 Å². The molecule has 32 heavy (non-hydrogen) atoms. The summed E-state index contributed by atoms with van der Waals surface area (Å²) in [7, 11) is 0. The highest BCUT2D eigenvalue weighted by molar-refractivity contribution is 6.99. The van der Waals surface area contributed by atoms with Gasteiger partial charge in [-0.05, 0) is 104 Å². The first-order chi connectivity index (χ1) is 15.4. The summed E-state index contributed by atoms with van der Waals surface area (Å²) in [4.78, 5) is 2.45. The van der Waals surface area contributed by atoms with E-state index < -0.39 is 0 Å². The fraction of sp³-hybridized carbons (Fsp3) is 0.172. The lowest BCUT2D eigenvalue weighted by atomic mass is 9.33. The van der Waals surface area contributed by atoms with Crippen LogP contribution in [0.1, 0.15) is 27.8 Å². The van der Waals surface area contributed by atoms with Crippen molar-refractivity contribution in [1.29, 1.82) is 0 Å². The van der Waals surface area contributed by atoms with Gasteiger partial charge >= 0.3 is 0 Å². The predicted octanol–water partition coefficient (Wildman–Crippen LogP) is 5.63. The number of para-hydroxylation sites is 1. The third-order valence-electron chi connectivity index (χ3n) is 6.85. The largest absolute Gasteiger partial charge is 0.458 e. The molecule has 4 aromatic rings. The zero-order valence-electron chi connectivity index (χ0n) is 19.3. The molecule has 0 saturated heterocycles. The molecular weight excluding hydrogens is 389 g/mol. The normalized spacial score (nSPS) is 13.3. The molecule has 6 rings (SSSR count). The smallest absolute Gasteiger partial charge is 0.256 e. The Balaban J connectivity index is 1.75. The molecule has 156 valence electrons. The first-order valence-electron chi connectivity index (χ1n) is 11.3. The fourth-order valence-electron chi connectivity index (χ4n) is 5.69. The molecule has 0 fully saturated rings. The number of hydrogen-bond acceptors (Lipinski definition) is 2. The first kappa shape index (κ1) is 19.2. The van der Waals surface area contributed by atoms with Crippen LogP contribution < -0.4 is 26.0 Å². The summed E-state index contributed by atoms with van der Waals surface area (Å²) in [6, 6.07) is 24.5. The molecule has 0 atom stereocenters. The minimum Gasteiger partial charge on any atom is -0.458 e. The summed E-state index contributed by atoms with van der Waals surface area (Å²) in [6.45, 7) is 11.1. The van der Waals surface area contributed by atoms with Crippen molar-refractivity contribution in [3.8, 4) is 11.5 Å². The van der Waals surface area contributed by atoms with Gasteiger partial charge in [-0.2, -0.15) is 0 Å². The molecule has 0 spiro atoms. The molecular formula is C29H26BNO. The summed E-state index contributed by atoms with van der Waals surface area (Å²) in [5, 5.41) is 0. The van der Waals surface area contributed by atoms with E-state index >= 15 is 0 Å². The number of benzene rings is 4. The Morgan fingerprint density at radius 2 is 1.38 bits per heavy atom. The van der Waals surface area contributed by atoms with E-state index in [9.17, 15) is 0 Å². The van der Waals surface area contributed by atoms with E-state index in [4.69, 9.17) is 4.74 Å². The number of anilines is 3. The van der Waals surface area contributed by atoms with Crippen LogP contribution in [0.3, 0.4) is 0 Å². The first-order valence-corrected chi connectivity index (χ1v) is 11.3. The predicted molar refractivity (Wildman–Crippen MR) is 136 cm³/mol. The average Bonchev–Trinajstić information content (AvgIpc) is 2.74. The van der Waals surface area contributed by atoms with Crippen LogP contribution in [0.5, 0.6) is 11.5 Å². The van der Waals surface area contributed by atoms with Crippen LogP contribution in [0.25, 0.3) is 0 Å². The lowest BCUT2D eigenvalue weighted by Gasteiger charge is -2.41. The summed E-state index contributed by atoms with van der Waals surface area (Å²) in [6.07, 6.45) is 0. The minimum absolute atomic E-state index is 0.169. The van der Waals surface area contributed by atoms with Crippen molar-refractivity contribution in [3.05, 3.63) is 94.5 Å². The monoisotopic (exact) mass is 415 g/mol. The fourth-order valence-corrected chi connectivity index (χ4v) is 5.69. The highest BCUT2D eigenvalue weighted by atomic mass is 16.5. The van der Waals surface area contributed by atoms with Crippen molar-refractivity contribution in [1.82, 2.24) is 0 Å². The standard InChI is InChI=1S/C29H26BNO/c1-17-12-18(2)15-22(14-17)31-24-11-10-20(4)29-28(24)30(23-8-6-7-9-26(23)32-29)27-21(5)13-19(3)16-25(27)31/h6-16H,1-5H3. The minimum atomic E-state index is 0.169. The molecule has 0 unspecified atom stereocenters. The van der Waals surface area contributed by atoms with E-state index in [0.717, 1.165) is 11.5 Å². The summed E-state index contributed by atoms with van der Waals surface area (Å²) in [5.74, 6) is 1.97. The van der Waals surface area contributed by atoms with E-state index in [-0.39, 0.29) is 6.71 Å². The van der Waals surface area contributed by atoms with E-state index in [1.165, 1.54) is 61.3 Å². The van der Waals surface area contributed by atoms with Gasteiger partial charge in [0.05, 0.1) is 0 Å². The second kappa shape index (κ2) is 6.77. The Bertz CT molecular complexity index is 1400. The van der Waals surface area contributed by atoms with Crippen LogP contribution in [0, 0.1) is 34.6 Å². The number of rotatable bonds is 1. The van der Waals surface area contributed by atoms with Gasteiger partial charge in [-0.3, -0.25) is 0 Å². The van der Waals surface area contributed by atoms with Gasteiger partial charge in [0.15, 0.2) is 0 Å². The maximum Gasteiger partial charge on any atom is 0.256 e. The number of ether oxygens (including phenoxy) is 1. The van der Waals surface area contributed by atoms with Gasteiger partial charge in [0.2, 0.25) is 0 Å². The summed E-state index contributed by atoms with van der Waals surface area (Å²) < 4.78 is 6.54. The van der Waals surface area contributed by atoms with Gasteiger partial charge < -0.3 is 9.64 Å². The van der Waals surface area contributed by atoms with Crippen LogP contribution in [0.4, 0.5) is 17.1 Å². The Kier molecular flexibility index (Phi) is 4.07. The maximum atomic E-state index is 6.54. The van der Waals surface area contributed by atoms with Crippen molar-refractivity contribution >= 4 is 40.2 Å². The molecule has 0 aromatic heterocycles. The number of hydrogen-bond donors (Lipinski definition) is 0. The van der Waals surface area contributed by atoms with Crippen molar-refractivity contribution in [2.24, 2.45) is 0 Å². The number of aryl methyl sites for hydroxylation is 5. The molecule has 3 heteroatoms. The molecule has 2 aliphatic heterocycles. The topological polar surface area (TPSA) is 12.5 Å². The van der Waals surface area contributed by atoms with Crippen LogP contribution in [-0.2, 0) is 0 Å². The average molecular weight is 415 g/mol. The molecule has 0 radical (unpaired) electrons. The summed E-state index contributed by atoms with van der Waals surface area (Å²) in [5.41, 5.74) is 13.9. The van der Waals surface area contributed by atoms with Gasteiger partial charge in [0.25, 0.3) is 6.71 Å². The molecule has 0 N–H and O–H groups in total. The van der Waals surface area contributed by atoms with E-state index in [2.05, 4.69) is 106 Å². The molecule has 0 bridgehead atoms. The highest BCUT2D eigenvalue weighted by Crippen LogP contribution is 2.42. The molecule has 0 amide bonds.